The van der Waals surface area contributed by atoms with Gasteiger partial charge in [0.1, 0.15) is 16.7 Å². The third-order valence-electron chi connectivity index (χ3n) is 5.26. The minimum absolute atomic E-state index is 0.467. The highest BCUT2D eigenvalue weighted by Crippen LogP contribution is 2.30. The molecule has 0 nitrogen and oxygen atoms in total. The molecule has 4 aromatic rings. The number of hydrogen-bond donors (Lipinski definition) is 0. The van der Waals surface area contributed by atoms with E-state index in [-0.39, 0.29) is 0 Å². The second-order valence-electron chi connectivity index (χ2n) is 7.33. The van der Waals surface area contributed by atoms with Crippen LogP contribution >= 0.6 is 11.6 Å². The topological polar surface area (TPSA) is 0 Å². The van der Waals surface area contributed by atoms with E-state index in [0.29, 0.717) is 5.56 Å². The van der Waals surface area contributed by atoms with Gasteiger partial charge >= 0.3 is 0 Å². The van der Waals surface area contributed by atoms with Crippen molar-refractivity contribution < 1.29 is 8.78 Å². The minimum atomic E-state index is -0.751. The fraction of sp³-hybridized carbons (Fsp3) is 0.154. The zero-order chi connectivity index (χ0) is 20.4. The van der Waals surface area contributed by atoms with E-state index < -0.39 is 16.7 Å². The molecule has 0 aromatic heterocycles. The maximum absolute atomic E-state index is 13.7. The normalized spacial score (nSPS) is 11.2. The smallest absolute Gasteiger partial charge is 0.145 e. The summed E-state index contributed by atoms with van der Waals surface area (Å²) in [6, 6.07) is 23.3. The molecule has 3 heteroatoms. The van der Waals surface area contributed by atoms with E-state index in [2.05, 4.69) is 43.3 Å². The predicted octanol–water partition coefficient (Wildman–Crippen LogP) is 8.45. The molecule has 0 radical (unpaired) electrons. The van der Waals surface area contributed by atoms with E-state index in [4.69, 9.17) is 11.6 Å². The van der Waals surface area contributed by atoms with Gasteiger partial charge in [-0.2, -0.15) is 0 Å². The number of aryl methyl sites for hydroxylation is 1. The number of hydrogen-bond acceptors (Lipinski definition) is 0. The van der Waals surface area contributed by atoms with Gasteiger partial charge in [0.2, 0.25) is 0 Å². The van der Waals surface area contributed by atoms with Crippen molar-refractivity contribution >= 4 is 22.4 Å². The quantitative estimate of drug-likeness (QED) is 0.291. The van der Waals surface area contributed by atoms with E-state index in [1.165, 1.54) is 41.3 Å². The van der Waals surface area contributed by atoms with E-state index in [1.54, 1.807) is 0 Å². The molecular weight excluding hydrogens is 386 g/mol. The van der Waals surface area contributed by atoms with Crippen molar-refractivity contribution in [2.24, 2.45) is 0 Å². The summed E-state index contributed by atoms with van der Waals surface area (Å²) in [5.74, 6) is -1.50. The van der Waals surface area contributed by atoms with Crippen molar-refractivity contribution in [3.8, 4) is 22.3 Å². The Morgan fingerprint density at radius 1 is 0.655 bits per heavy atom. The molecule has 0 fully saturated rings. The van der Waals surface area contributed by atoms with Gasteiger partial charge in [0.05, 0.1) is 0 Å². The first kappa shape index (κ1) is 19.6. The molecule has 146 valence electrons. The summed E-state index contributed by atoms with van der Waals surface area (Å²) in [5, 5.41) is 1.97. The van der Waals surface area contributed by atoms with Gasteiger partial charge in [-0.25, -0.2) is 8.78 Å². The largest absolute Gasteiger partial charge is 0.205 e. The summed E-state index contributed by atoms with van der Waals surface area (Å²) in [7, 11) is 0. The van der Waals surface area contributed by atoms with Gasteiger partial charge in [-0.05, 0) is 69.6 Å². The average molecular weight is 407 g/mol. The van der Waals surface area contributed by atoms with Gasteiger partial charge in [0, 0.05) is 0 Å². The first-order valence-corrected chi connectivity index (χ1v) is 10.2. The SMILES string of the molecule is CCCCc1ccc2cc(-c3ccc(-c4cc(F)c(Cl)c(F)c4)cc3)ccc2c1. The highest BCUT2D eigenvalue weighted by molar-refractivity contribution is 6.31. The highest BCUT2D eigenvalue weighted by Gasteiger charge is 2.10. The molecule has 0 bridgehead atoms. The molecule has 0 saturated carbocycles. The van der Waals surface area contributed by atoms with Crippen LogP contribution in [0.15, 0.2) is 72.8 Å². The first-order chi connectivity index (χ1) is 14.0. The van der Waals surface area contributed by atoms with E-state index >= 15 is 0 Å². The Morgan fingerprint density at radius 3 is 1.86 bits per heavy atom. The summed E-state index contributed by atoms with van der Waals surface area (Å²) in [6.45, 7) is 2.21. The van der Waals surface area contributed by atoms with Crippen molar-refractivity contribution in [2.75, 3.05) is 0 Å². The lowest BCUT2D eigenvalue weighted by molar-refractivity contribution is 0.585. The molecule has 0 heterocycles. The summed E-state index contributed by atoms with van der Waals surface area (Å²) in [6.07, 6.45) is 3.52. The van der Waals surface area contributed by atoms with Crippen molar-refractivity contribution in [2.45, 2.75) is 26.2 Å². The molecule has 0 aliphatic carbocycles. The Hall–Kier alpha value is -2.71. The molecule has 0 N–H and O–H groups in total. The number of fused-ring (bicyclic) bond motifs is 1. The molecule has 0 atom stereocenters. The Balaban J connectivity index is 1.62. The highest BCUT2D eigenvalue weighted by atomic mass is 35.5. The lowest BCUT2D eigenvalue weighted by atomic mass is 9.97. The van der Waals surface area contributed by atoms with Crippen molar-refractivity contribution in [3.05, 3.63) is 95.0 Å². The predicted molar refractivity (Wildman–Crippen MR) is 118 cm³/mol. The summed E-state index contributed by atoms with van der Waals surface area (Å²) in [5.41, 5.74) is 4.75. The number of rotatable bonds is 5. The van der Waals surface area contributed by atoms with E-state index in [1.807, 2.05) is 24.3 Å². The van der Waals surface area contributed by atoms with Gasteiger partial charge in [-0.1, -0.05) is 79.5 Å². The Kier molecular flexibility index (Phi) is 5.64. The van der Waals surface area contributed by atoms with Crippen LogP contribution in [0.2, 0.25) is 5.02 Å². The van der Waals surface area contributed by atoms with Crippen LogP contribution in [0.25, 0.3) is 33.0 Å². The minimum Gasteiger partial charge on any atom is -0.205 e. The lowest BCUT2D eigenvalue weighted by Gasteiger charge is -2.08. The average Bonchev–Trinajstić information content (AvgIpc) is 2.75. The summed E-state index contributed by atoms with van der Waals surface area (Å²) in [4.78, 5) is 0. The van der Waals surface area contributed by atoms with Crippen molar-refractivity contribution in [1.29, 1.82) is 0 Å². The molecule has 4 aromatic carbocycles. The first-order valence-electron chi connectivity index (χ1n) is 9.83. The van der Waals surface area contributed by atoms with Gasteiger partial charge < -0.3 is 0 Å². The molecule has 0 saturated heterocycles. The Morgan fingerprint density at radius 2 is 1.21 bits per heavy atom. The van der Waals surface area contributed by atoms with Crippen molar-refractivity contribution in [1.82, 2.24) is 0 Å². The van der Waals surface area contributed by atoms with Crippen LogP contribution < -0.4 is 0 Å². The Labute approximate surface area is 174 Å². The fourth-order valence-corrected chi connectivity index (χ4v) is 3.70. The van der Waals surface area contributed by atoms with Crippen LogP contribution in [0.5, 0.6) is 0 Å². The molecule has 0 aliphatic heterocycles. The maximum Gasteiger partial charge on any atom is 0.145 e. The van der Waals surface area contributed by atoms with Gasteiger partial charge in [0.15, 0.2) is 0 Å². The molecule has 0 unspecified atom stereocenters. The van der Waals surface area contributed by atoms with Crippen LogP contribution in [0, 0.1) is 11.6 Å². The third-order valence-corrected chi connectivity index (χ3v) is 5.62. The van der Waals surface area contributed by atoms with Crippen molar-refractivity contribution in [3.63, 3.8) is 0 Å². The molecule has 0 aliphatic rings. The van der Waals surface area contributed by atoms with Crippen LogP contribution in [-0.2, 0) is 6.42 Å². The molecule has 4 rings (SSSR count). The third kappa shape index (κ3) is 4.18. The van der Waals surface area contributed by atoms with Gasteiger partial charge in [-0.15, -0.1) is 0 Å². The van der Waals surface area contributed by atoms with E-state index in [0.717, 1.165) is 23.1 Å². The molecular formula is C26H21ClF2. The summed E-state index contributed by atoms with van der Waals surface area (Å²) >= 11 is 5.57. The number of benzene rings is 4. The number of unbranched alkanes of at least 4 members (excludes halogenated alkanes) is 1. The van der Waals surface area contributed by atoms with Crippen LogP contribution in [0.4, 0.5) is 8.78 Å². The second-order valence-corrected chi connectivity index (χ2v) is 7.71. The lowest BCUT2D eigenvalue weighted by Crippen LogP contribution is -1.88. The standard InChI is InChI=1S/C26H21ClF2/c1-2-3-4-17-5-6-22-14-21(12-11-20(22)13-17)18-7-9-19(10-8-18)23-15-24(28)26(27)25(29)16-23/h5-16H,2-4H2,1H3. The maximum atomic E-state index is 13.7. The zero-order valence-corrected chi connectivity index (χ0v) is 16.9. The fourth-order valence-electron chi connectivity index (χ4n) is 3.59. The second kappa shape index (κ2) is 8.34. The number of halogens is 3. The molecule has 29 heavy (non-hydrogen) atoms. The van der Waals surface area contributed by atoms with Crippen LogP contribution in [0.1, 0.15) is 25.3 Å². The Bertz CT molecular complexity index is 1140. The monoisotopic (exact) mass is 406 g/mol. The van der Waals surface area contributed by atoms with Gasteiger partial charge in [-0.3, -0.25) is 0 Å². The van der Waals surface area contributed by atoms with Crippen LogP contribution in [0.3, 0.4) is 0 Å². The molecule has 0 amide bonds. The summed E-state index contributed by atoms with van der Waals surface area (Å²) < 4.78 is 27.5. The van der Waals surface area contributed by atoms with Gasteiger partial charge in [0.25, 0.3) is 0 Å². The van der Waals surface area contributed by atoms with E-state index in [9.17, 15) is 8.78 Å². The van der Waals surface area contributed by atoms with Crippen LogP contribution in [-0.4, -0.2) is 0 Å². The zero-order valence-electron chi connectivity index (χ0n) is 16.2. The molecule has 0 spiro atoms.